The summed E-state index contributed by atoms with van der Waals surface area (Å²) in [4.78, 5) is 42.0. The maximum Gasteiger partial charge on any atom is 0.335 e. The normalized spacial score (nSPS) is 19.6. The Morgan fingerprint density at radius 2 is 1.80 bits per heavy atom. The third-order valence-electron chi connectivity index (χ3n) is 6.70. The quantitative estimate of drug-likeness (QED) is 0.525. The van der Waals surface area contributed by atoms with Crippen molar-refractivity contribution in [2.75, 3.05) is 23.1 Å². The lowest BCUT2D eigenvalue weighted by atomic mass is 9.86. The number of hydrogen-bond donors (Lipinski definition) is 1. The number of carbonyl (C=O) groups is 3. The molecule has 0 aliphatic carbocycles. The number of allylic oxidation sites excluding steroid dienone is 1. The minimum Gasteiger partial charge on any atom is -0.454 e. The highest BCUT2D eigenvalue weighted by Gasteiger charge is 2.38. The number of benzene rings is 2. The number of carbonyl (C=O) groups excluding carboxylic acids is 3. The summed E-state index contributed by atoms with van der Waals surface area (Å²) in [5.74, 6) is -0.458. The minimum atomic E-state index is -0.808. The summed E-state index contributed by atoms with van der Waals surface area (Å²) in [6, 6.07) is 8.04. The van der Waals surface area contributed by atoms with E-state index >= 15 is 0 Å². The van der Waals surface area contributed by atoms with Gasteiger partial charge in [-0.1, -0.05) is 6.08 Å². The monoisotopic (exact) mass is 473 g/mol. The van der Waals surface area contributed by atoms with Gasteiger partial charge in [-0.15, -0.1) is 0 Å². The van der Waals surface area contributed by atoms with Crippen LogP contribution >= 0.6 is 0 Å². The number of fused-ring (bicyclic) bond motifs is 2. The number of imide groups is 2. The van der Waals surface area contributed by atoms with Crippen LogP contribution in [0, 0.1) is 6.92 Å². The van der Waals surface area contributed by atoms with Gasteiger partial charge in [-0.3, -0.25) is 14.9 Å². The van der Waals surface area contributed by atoms with Crippen molar-refractivity contribution in [2.45, 2.75) is 40.2 Å². The number of amides is 4. The molecule has 8 nitrogen and oxygen atoms in total. The van der Waals surface area contributed by atoms with Crippen molar-refractivity contribution in [3.05, 3.63) is 58.7 Å². The van der Waals surface area contributed by atoms with Gasteiger partial charge in [0.05, 0.1) is 11.2 Å². The van der Waals surface area contributed by atoms with Crippen LogP contribution in [0.25, 0.3) is 11.6 Å². The molecular weight excluding hydrogens is 446 g/mol. The van der Waals surface area contributed by atoms with Gasteiger partial charge in [0, 0.05) is 23.9 Å². The van der Waals surface area contributed by atoms with Crippen molar-refractivity contribution in [1.29, 1.82) is 0 Å². The molecule has 1 N–H and O–H groups in total. The molecule has 3 heterocycles. The number of aryl methyl sites for hydroxylation is 1. The fourth-order valence-corrected chi connectivity index (χ4v) is 5.05. The molecule has 35 heavy (non-hydrogen) atoms. The van der Waals surface area contributed by atoms with Crippen molar-refractivity contribution in [2.24, 2.45) is 0 Å². The SMILES string of the molecule is CCN1c2cc(C)c(/C=C3\C(=O)NC(=O)N(c4ccc5c(c4)OCO5)C3=O)cc2C(C)=CC1(C)C. The van der Waals surface area contributed by atoms with Crippen molar-refractivity contribution < 1.29 is 23.9 Å². The second kappa shape index (κ2) is 8.01. The number of ether oxygens (including phenoxy) is 2. The van der Waals surface area contributed by atoms with Crippen LogP contribution in [0.3, 0.4) is 0 Å². The molecule has 180 valence electrons. The van der Waals surface area contributed by atoms with Crippen LogP contribution in [0.1, 0.15) is 44.4 Å². The molecule has 3 aliphatic rings. The number of urea groups is 1. The van der Waals surface area contributed by atoms with Crippen LogP contribution in [0.4, 0.5) is 16.2 Å². The average molecular weight is 474 g/mol. The average Bonchev–Trinajstić information content (AvgIpc) is 3.25. The summed E-state index contributed by atoms with van der Waals surface area (Å²) in [6.45, 7) is 11.4. The van der Waals surface area contributed by atoms with Gasteiger partial charge in [-0.2, -0.15) is 0 Å². The van der Waals surface area contributed by atoms with Crippen molar-refractivity contribution in [3.63, 3.8) is 0 Å². The van der Waals surface area contributed by atoms with E-state index in [0.29, 0.717) is 11.5 Å². The van der Waals surface area contributed by atoms with E-state index in [1.54, 1.807) is 24.3 Å². The number of hydrogen-bond acceptors (Lipinski definition) is 6. The van der Waals surface area contributed by atoms with E-state index in [0.717, 1.165) is 39.4 Å². The van der Waals surface area contributed by atoms with Gasteiger partial charge in [-0.05, 0) is 81.7 Å². The van der Waals surface area contributed by atoms with Gasteiger partial charge < -0.3 is 14.4 Å². The van der Waals surface area contributed by atoms with Crippen LogP contribution in [0.15, 0.2) is 42.0 Å². The van der Waals surface area contributed by atoms with Crippen molar-refractivity contribution in [1.82, 2.24) is 5.32 Å². The smallest absolute Gasteiger partial charge is 0.335 e. The largest absolute Gasteiger partial charge is 0.454 e. The summed E-state index contributed by atoms with van der Waals surface area (Å²) in [6.07, 6.45) is 3.78. The summed E-state index contributed by atoms with van der Waals surface area (Å²) in [5.41, 5.74) is 5.02. The van der Waals surface area contributed by atoms with Gasteiger partial charge in [0.1, 0.15) is 5.57 Å². The molecule has 0 saturated carbocycles. The highest BCUT2D eigenvalue weighted by molar-refractivity contribution is 6.39. The second-order valence-electron chi connectivity index (χ2n) is 9.45. The number of rotatable bonds is 3. The number of barbiturate groups is 1. The van der Waals surface area contributed by atoms with E-state index in [2.05, 4.69) is 50.1 Å². The first-order valence-corrected chi connectivity index (χ1v) is 11.5. The van der Waals surface area contributed by atoms with Gasteiger partial charge in [0.25, 0.3) is 11.8 Å². The van der Waals surface area contributed by atoms with Crippen LogP contribution in [-0.2, 0) is 9.59 Å². The maximum absolute atomic E-state index is 13.4. The molecule has 3 aliphatic heterocycles. The van der Waals surface area contributed by atoms with Crippen LogP contribution in [0.2, 0.25) is 0 Å². The molecule has 2 aromatic carbocycles. The van der Waals surface area contributed by atoms with Crippen LogP contribution < -0.4 is 24.6 Å². The summed E-state index contributed by atoms with van der Waals surface area (Å²) in [7, 11) is 0. The van der Waals surface area contributed by atoms with Crippen LogP contribution in [0.5, 0.6) is 11.5 Å². The number of nitrogens with zero attached hydrogens (tertiary/aromatic N) is 2. The summed E-state index contributed by atoms with van der Waals surface area (Å²) < 4.78 is 10.7. The molecule has 0 radical (unpaired) electrons. The topological polar surface area (TPSA) is 88.2 Å². The molecule has 0 bridgehead atoms. The molecular formula is C27H27N3O5. The molecule has 1 saturated heterocycles. The Kier molecular flexibility index (Phi) is 5.20. The third-order valence-corrected chi connectivity index (χ3v) is 6.70. The highest BCUT2D eigenvalue weighted by atomic mass is 16.7. The van der Waals surface area contributed by atoms with E-state index in [1.807, 2.05) is 13.0 Å². The third kappa shape index (κ3) is 3.65. The Morgan fingerprint density at radius 3 is 2.54 bits per heavy atom. The van der Waals surface area contributed by atoms with Crippen LogP contribution in [-0.4, -0.2) is 36.7 Å². The number of nitrogens with one attached hydrogen (secondary N) is 1. The van der Waals surface area contributed by atoms with E-state index in [9.17, 15) is 14.4 Å². The standard InChI is InChI=1S/C27H27N3O5/c1-6-29-21-9-15(2)17(10-19(21)16(3)13-27(29,4)5)11-20-24(31)28-26(33)30(25(20)32)18-7-8-22-23(12-18)35-14-34-22/h7-13H,6,14H2,1-5H3,(H,28,31,33)/b20-11+. The molecule has 0 aromatic heterocycles. The molecule has 8 heteroatoms. The predicted octanol–water partition coefficient (Wildman–Crippen LogP) is 4.41. The Bertz CT molecular complexity index is 1350. The van der Waals surface area contributed by atoms with E-state index in [4.69, 9.17) is 9.47 Å². The number of likely N-dealkylation sites (N-methyl/N-ethyl adjacent to an activating group) is 1. The Hall–Kier alpha value is -4.07. The fraction of sp³-hybridized carbons (Fsp3) is 0.296. The molecule has 0 spiro atoms. The van der Waals surface area contributed by atoms with Gasteiger partial charge >= 0.3 is 6.03 Å². The first-order valence-electron chi connectivity index (χ1n) is 11.5. The van der Waals surface area contributed by atoms with E-state index < -0.39 is 17.8 Å². The summed E-state index contributed by atoms with van der Waals surface area (Å²) in [5, 5.41) is 2.28. The Balaban J connectivity index is 1.56. The van der Waals surface area contributed by atoms with E-state index in [1.165, 1.54) is 0 Å². The molecule has 4 amide bonds. The highest BCUT2D eigenvalue weighted by Crippen LogP contribution is 2.41. The first-order chi connectivity index (χ1) is 16.6. The fourth-order valence-electron chi connectivity index (χ4n) is 5.05. The van der Waals surface area contributed by atoms with Gasteiger partial charge in [0.2, 0.25) is 6.79 Å². The Labute approximate surface area is 203 Å². The maximum atomic E-state index is 13.4. The zero-order valence-corrected chi connectivity index (χ0v) is 20.4. The molecule has 0 atom stereocenters. The zero-order chi connectivity index (χ0) is 25.1. The van der Waals surface area contributed by atoms with Gasteiger partial charge in [-0.25, -0.2) is 9.69 Å². The molecule has 2 aromatic rings. The number of anilines is 2. The Morgan fingerprint density at radius 1 is 1.06 bits per heavy atom. The van der Waals surface area contributed by atoms with Crippen molar-refractivity contribution in [3.8, 4) is 11.5 Å². The van der Waals surface area contributed by atoms with Gasteiger partial charge in [0.15, 0.2) is 11.5 Å². The predicted molar refractivity (Wildman–Crippen MR) is 133 cm³/mol. The lowest BCUT2D eigenvalue weighted by Gasteiger charge is -2.43. The lowest BCUT2D eigenvalue weighted by Crippen LogP contribution is -2.54. The minimum absolute atomic E-state index is 0.0701. The molecule has 1 fully saturated rings. The first kappa shape index (κ1) is 22.7. The molecule has 0 unspecified atom stereocenters. The molecule has 5 rings (SSSR count). The lowest BCUT2D eigenvalue weighted by molar-refractivity contribution is -0.122. The second-order valence-corrected chi connectivity index (χ2v) is 9.45. The zero-order valence-electron chi connectivity index (χ0n) is 20.4. The summed E-state index contributed by atoms with van der Waals surface area (Å²) >= 11 is 0. The van der Waals surface area contributed by atoms with Crippen molar-refractivity contribution >= 4 is 40.9 Å². The van der Waals surface area contributed by atoms with E-state index in [-0.39, 0.29) is 23.6 Å².